The first-order chi connectivity index (χ1) is 8.34. The number of nitrogens with zero attached hydrogens (tertiary/aromatic N) is 1. The molecule has 1 aromatic heterocycles. The minimum Gasteiger partial charge on any atom is -0.333 e. The largest absolute Gasteiger partial charge is 0.333 e. The monoisotopic (exact) mass is 248 g/mol. The molecule has 2 atom stereocenters. The standard InChI is InChI=1S/C13H16N2OS/c16-13(14-9-12-5-2-8-17-12)15-10-3-1-4-11(15)7-6-10/h1-3,5,8,10-11H,4,6-7,9H2,(H,14,16). The molecule has 2 unspecified atom stereocenters. The van der Waals surface area contributed by atoms with Crippen LogP contribution in [0.25, 0.3) is 0 Å². The van der Waals surface area contributed by atoms with Gasteiger partial charge in [0.05, 0.1) is 12.6 Å². The van der Waals surface area contributed by atoms with Crippen molar-refractivity contribution in [1.82, 2.24) is 10.2 Å². The summed E-state index contributed by atoms with van der Waals surface area (Å²) < 4.78 is 0. The van der Waals surface area contributed by atoms with E-state index in [0.29, 0.717) is 18.6 Å². The zero-order valence-electron chi connectivity index (χ0n) is 9.63. The highest BCUT2D eigenvalue weighted by Gasteiger charge is 2.36. The lowest BCUT2D eigenvalue weighted by molar-refractivity contribution is 0.178. The average molecular weight is 248 g/mol. The second kappa shape index (κ2) is 4.53. The van der Waals surface area contributed by atoms with Gasteiger partial charge < -0.3 is 10.2 Å². The van der Waals surface area contributed by atoms with E-state index in [2.05, 4.69) is 23.5 Å². The first kappa shape index (κ1) is 10.8. The van der Waals surface area contributed by atoms with Gasteiger partial charge >= 0.3 is 6.03 Å². The van der Waals surface area contributed by atoms with Gasteiger partial charge in [0.25, 0.3) is 0 Å². The quantitative estimate of drug-likeness (QED) is 0.802. The Morgan fingerprint density at radius 3 is 3.24 bits per heavy atom. The van der Waals surface area contributed by atoms with Crippen molar-refractivity contribution < 1.29 is 4.79 Å². The molecular formula is C13H16N2OS. The normalized spacial score (nSPS) is 26.2. The fourth-order valence-electron chi connectivity index (χ4n) is 2.71. The second-order valence-corrected chi connectivity index (χ2v) is 5.64. The van der Waals surface area contributed by atoms with Crippen molar-refractivity contribution in [2.75, 3.05) is 0 Å². The van der Waals surface area contributed by atoms with Gasteiger partial charge in [-0.2, -0.15) is 0 Å². The molecule has 2 amide bonds. The van der Waals surface area contributed by atoms with Crippen molar-refractivity contribution in [2.24, 2.45) is 0 Å². The van der Waals surface area contributed by atoms with Crippen molar-refractivity contribution in [3.8, 4) is 0 Å². The second-order valence-electron chi connectivity index (χ2n) is 4.61. The highest BCUT2D eigenvalue weighted by atomic mass is 32.1. The lowest BCUT2D eigenvalue weighted by atomic mass is 10.1. The van der Waals surface area contributed by atoms with Crippen LogP contribution in [0.15, 0.2) is 29.7 Å². The predicted octanol–water partition coefficient (Wildman–Crippen LogP) is 2.75. The zero-order valence-corrected chi connectivity index (χ0v) is 10.5. The van der Waals surface area contributed by atoms with Crippen LogP contribution in [0.1, 0.15) is 24.1 Å². The molecule has 3 nitrogen and oxygen atoms in total. The topological polar surface area (TPSA) is 32.3 Å². The molecular weight excluding hydrogens is 232 g/mol. The van der Waals surface area contributed by atoms with Crippen LogP contribution < -0.4 is 5.32 Å². The van der Waals surface area contributed by atoms with Gasteiger partial charge in [-0.05, 0) is 30.7 Å². The van der Waals surface area contributed by atoms with E-state index in [4.69, 9.17) is 0 Å². The molecule has 3 rings (SSSR count). The number of fused-ring (bicyclic) bond motifs is 2. The minimum atomic E-state index is 0.0928. The van der Waals surface area contributed by atoms with Crippen LogP contribution in [0.4, 0.5) is 4.79 Å². The highest BCUT2D eigenvalue weighted by molar-refractivity contribution is 7.09. The fourth-order valence-corrected chi connectivity index (χ4v) is 3.35. The number of hydrogen-bond donors (Lipinski definition) is 1. The van der Waals surface area contributed by atoms with E-state index in [1.807, 2.05) is 16.3 Å². The zero-order chi connectivity index (χ0) is 11.7. The molecule has 0 aromatic carbocycles. The first-order valence-corrected chi connectivity index (χ1v) is 6.98. The van der Waals surface area contributed by atoms with Gasteiger partial charge in [0.1, 0.15) is 0 Å². The summed E-state index contributed by atoms with van der Waals surface area (Å²) in [6, 6.07) is 4.91. The Kier molecular flexibility index (Phi) is 2.89. The van der Waals surface area contributed by atoms with E-state index in [-0.39, 0.29) is 6.03 Å². The molecule has 17 heavy (non-hydrogen) atoms. The van der Waals surface area contributed by atoms with Crippen LogP contribution >= 0.6 is 11.3 Å². The fraction of sp³-hybridized carbons (Fsp3) is 0.462. The maximum atomic E-state index is 12.1. The summed E-state index contributed by atoms with van der Waals surface area (Å²) in [4.78, 5) is 15.4. The van der Waals surface area contributed by atoms with Crippen LogP contribution in [0.2, 0.25) is 0 Å². The number of hydrogen-bond acceptors (Lipinski definition) is 2. The van der Waals surface area contributed by atoms with Crippen LogP contribution in [-0.2, 0) is 6.54 Å². The number of rotatable bonds is 2. The molecule has 1 saturated heterocycles. The third-order valence-electron chi connectivity index (χ3n) is 3.54. The highest BCUT2D eigenvalue weighted by Crippen LogP contribution is 2.31. The lowest BCUT2D eigenvalue weighted by Crippen LogP contribution is -2.47. The number of nitrogens with one attached hydrogen (secondary N) is 1. The Bertz CT molecular complexity index is 427. The number of thiophene rings is 1. The summed E-state index contributed by atoms with van der Waals surface area (Å²) in [6.45, 7) is 0.649. The van der Waals surface area contributed by atoms with E-state index in [1.54, 1.807) is 11.3 Å². The Morgan fingerprint density at radius 1 is 1.53 bits per heavy atom. The van der Waals surface area contributed by atoms with Gasteiger partial charge in [-0.1, -0.05) is 18.2 Å². The summed E-state index contributed by atoms with van der Waals surface area (Å²) in [5.41, 5.74) is 0. The molecule has 2 aliphatic rings. The average Bonchev–Trinajstić information content (AvgIpc) is 2.93. The molecule has 2 bridgehead atoms. The lowest BCUT2D eigenvalue weighted by Gasteiger charge is -2.31. The van der Waals surface area contributed by atoms with Gasteiger partial charge in [0.2, 0.25) is 0 Å². The van der Waals surface area contributed by atoms with Crippen LogP contribution in [0, 0.1) is 0 Å². The molecule has 4 heteroatoms. The Balaban J connectivity index is 1.61. The van der Waals surface area contributed by atoms with Gasteiger partial charge in [-0.3, -0.25) is 0 Å². The maximum absolute atomic E-state index is 12.1. The summed E-state index contributed by atoms with van der Waals surface area (Å²) in [6.07, 6.45) is 7.67. The molecule has 2 aliphatic heterocycles. The van der Waals surface area contributed by atoms with E-state index >= 15 is 0 Å². The number of carbonyl (C=O) groups excluding carboxylic acids is 1. The van der Waals surface area contributed by atoms with Crippen molar-refractivity contribution in [1.29, 1.82) is 0 Å². The van der Waals surface area contributed by atoms with Crippen LogP contribution in [0.5, 0.6) is 0 Å². The van der Waals surface area contributed by atoms with Crippen LogP contribution in [0.3, 0.4) is 0 Å². The number of urea groups is 1. The molecule has 0 aliphatic carbocycles. The van der Waals surface area contributed by atoms with E-state index < -0.39 is 0 Å². The van der Waals surface area contributed by atoms with E-state index in [0.717, 1.165) is 19.3 Å². The molecule has 0 saturated carbocycles. The van der Waals surface area contributed by atoms with Gasteiger partial charge in [0, 0.05) is 10.9 Å². The van der Waals surface area contributed by atoms with Gasteiger partial charge in [0.15, 0.2) is 0 Å². The molecule has 1 aromatic rings. The van der Waals surface area contributed by atoms with Crippen LogP contribution in [-0.4, -0.2) is 23.0 Å². The molecule has 3 heterocycles. The first-order valence-electron chi connectivity index (χ1n) is 6.10. The van der Waals surface area contributed by atoms with Crippen molar-refractivity contribution in [2.45, 2.75) is 37.9 Å². The maximum Gasteiger partial charge on any atom is 0.318 e. The smallest absolute Gasteiger partial charge is 0.318 e. The summed E-state index contributed by atoms with van der Waals surface area (Å²) >= 11 is 1.68. The summed E-state index contributed by atoms with van der Waals surface area (Å²) in [5.74, 6) is 0. The van der Waals surface area contributed by atoms with E-state index in [1.165, 1.54) is 4.88 Å². The Hall–Kier alpha value is -1.29. The Labute approximate surface area is 105 Å². The molecule has 90 valence electrons. The van der Waals surface area contributed by atoms with Crippen molar-refractivity contribution in [3.63, 3.8) is 0 Å². The summed E-state index contributed by atoms with van der Waals surface area (Å²) in [5, 5.41) is 5.06. The van der Waals surface area contributed by atoms with Crippen molar-refractivity contribution >= 4 is 17.4 Å². The summed E-state index contributed by atoms with van der Waals surface area (Å²) in [7, 11) is 0. The van der Waals surface area contributed by atoms with E-state index in [9.17, 15) is 4.79 Å². The molecule has 1 N–H and O–H groups in total. The minimum absolute atomic E-state index is 0.0928. The number of amides is 2. The molecule has 0 radical (unpaired) electrons. The Morgan fingerprint density at radius 2 is 2.47 bits per heavy atom. The third kappa shape index (κ3) is 2.09. The predicted molar refractivity (Wildman–Crippen MR) is 69.0 cm³/mol. The SMILES string of the molecule is O=C(NCc1cccs1)N1C2C=CCC1CC2. The van der Waals surface area contributed by atoms with Crippen molar-refractivity contribution in [3.05, 3.63) is 34.5 Å². The molecule has 1 fully saturated rings. The van der Waals surface area contributed by atoms with Gasteiger partial charge in [-0.25, -0.2) is 4.79 Å². The number of carbonyl (C=O) groups is 1. The van der Waals surface area contributed by atoms with Gasteiger partial charge in [-0.15, -0.1) is 11.3 Å². The third-order valence-corrected chi connectivity index (χ3v) is 4.42. The molecule has 0 spiro atoms.